The predicted molar refractivity (Wildman–Crippen MR) is 88.9 cm³/mol. The molecular formula is C17H28N2O2. The molecule has 1 aromatic rings. The van der Waals surface area contributed by atoms with E-state index in [9.17, 15) is 4.79 Å². The van der Waals surface area contributed by atoms with Crippen LogP contribution < -0.4 is 10.6 Å². The molecule has 21 heavy (non-hydrogen) atoms. The van der Waals surface area contributed by atoms with Crippen LogP contribution in [0.25, 0.3) is 0 Å². The van der Waals surface area contributed by atoms with E-state index in [1.807, 2.05) is 45.0 Å². The van der Waals surface area contributed by atoms with Gasteiger partial charge in [-0.2, -0.15) is 0 Å². The van der Waals surface area contributed by atoms with Crippen molar-refractivity contribution in [3.8, 4) is 0 Å². The Hall–Kier alpha value is -1.71. The first-order valence-electron chi connectivity index (χ1n) is 7.64. The predicted octanol–water partition coefficient (Wildman–Crippen LogP) is 4.88. The summed E-state index contributed by atoms with van der Waals surface area (Å²) in [6.07, 6.45) is 1.98. The standard InChI is InChI=1S/C17H28N2O2/c1-6-8-13(2)12-18-14-9-7-10-15(11-14)19-16(20)21-17(3,4)5/h7,9-11,13,18H,6,8,12H2,1-5H3,(H,19,20). The van der Waals surface area contributed by atoms with Crippen molar-refractivity contribution >= 4 is 17.5 Å². The van der Waals surface area contributed by atoms with Crippen molar-refractivity contribution in [2.45, 2.75) is 53.1 Å². The first-order valence-corrected chi connectivity index (χ1v) is 7.64. The fourth-order valence-corrected chi connectivity index (χ4v) is 2.02. The van der Waals surface area contributed by atoms with Crippen LogP contribution in [0.5, 0.6) is 0 Å². The van der Waals surface area contributed by atoms with Crippen molar-refractivity contribution in [3.05, 3.63) is 24.3 Å². The van der Waals surface area contributed by atoms with Crippen LogP contribution in [-0.2, 0) is 4.74 Å². The van der Waals surface area contributed by atoms with Crippen LogP contribution in [-0.4, -0.2) is 18.2 Å². The second kappa shape index (κ2) is 7.91. The number of benzene rings is 1. The first kappa shape index (κ1) is 17.3. The molecule has 1 atom stereocenters. The monoisotopic (exact) mass is 292 g/mol. The van der Waals surface area contributed by atoms with E-state index in [4.69, 9.17) is 4.74 Å². The van der Waals surface area contributed by atoms with Gasteiger partial charge in [-0.1, -0.05) is 26.3 Å². The van der Waals surface area contributed by atoms with E-state index >= 15 is 0 Å². The van der Waals surface area contributed by atoms with E-state index in [-0.39, 0.29) is 0 Å². The second-order valence-electron chi connectivity index (χ2n) is 6.48. The number of nitrogens with one attached hydrogen (secondary N) is 2. The number of hydrogen-bond acceptors (Lipinski definition) is 3. The van der Waals surface area contributed by atoms with Crippen molar-refractivity contribution < 1.29 is 9.53 Å². The molecule has 1 amide bonds. The molecule has 0 aliphatic carbocycles. The van der Waals surface area contributed by atoms with Crippen LogP contribution in [0.3, 0.4) is 0 Å². The van der Waals surface area contributed by atoms with Gasteiger partial charge in [-0.3, -0.25) is 5.32 Å². The van der Waals surface area contributed by atoms with Crippen LogP contribution in [0, 0.1) is 5.92 Å². The molecule has 4 nitrogen and oxygen atoms in total. The lowest BCUT2D eigenvalue weighted by molar-refractivity contribution is 0.0636. The minimum atomic E-state index is -0.491. The van der Waals surface area contributed by atoms with Gasteiger partial charge < -0.3 is 10.1 Å². The summed E-state index contributed by atoms with van der Waals surface area (Å²) in [6.45, 7) is 10.9. The maximum absolute atomic E-state index is 11.7. The number of ether oxygens (including phenoxy) is 1. The smallest absolute Gasteiger partial charge is 0.412 e. The Morgan fingerprint density at radius 1 is 1.29 bits per heavy atom. The van der Waals surface area contributed by atoms with Gasteiger partial charge in [0.2, 0.25) is 0 Å². The number of carbonyl (C=O) groups excluding carboxylic acids is 1. The Kier molecular flexibility index (Phi) is 6.53. The number of anilines is 2. The topological polar surface area (TPSA) is 50.4 Å². The zero-order valence-corrected chi connectivity index (χ0v) is 13.8. The Morgan fingerprint density at radius 3 is 2.57 bits per heavy atom. The fraction of sp³-hybridized carbons (Fsp3) is 0.588. The molecule has 1 rings (SSSR count). The highest BCUT2D eigenvalue weighted by Gasteiger charge is 2.16. The summed E-state index contributed by atoms with van der Waals surface area (Å²) in [5.74, 6) is 0.637. The van der Waals surface area contributed by atoms with E-state index in [0.29, 0.717) is 5.92 Å². The normalized spacial score (nSPS) is 12.6. The lowest BCUT2D eigenvalue weighted by Crippen LogP contribution is -2.27. The molecule has 0 spiro atoms. The number of rotatable bonds is 6. The summed E-state index contributed by atoms with van der Waals surface area (Å²) >= 11 is 0. The van der Waals surface area contributed by atoms with Gasteiger partial charge in [-0.15, -0.1) is 0 Å². The summed E-state index contributed by atoms with van der Waals surface area (Å²) in [5, 5.41) is 6.15. The highest BCUT2D eigenvalue weighted by atomic mass is 16.6. The molecule has 0 aromatic heterocycles. The maximum atomic E-state index is 11.7. The molecule has 0 bridgehead atoms. The molecule has 0 saturated carbocycles. The molecule has 0 heterocycles. The number of carbonyl (C=O) groups is 1. The van der Waals surface area contributed by atoms with E-state index in [1.54, 1.807) is 0 Å². The van der Waals surface area contributed by atoms with Gasteiger partial charge in [-0.05, 0) is 51.3 Å². The minimum Gasteiger partial charge on any atom is -0.444 e. The zero-order chi connectivity index (χ0) is 15.9. The Bertz CT molecular complexity index is 452. The Balaban J connectivity index is 2.54. The number of hydrogen-bond donors (Lipinski definition) is 2. The van der Waals surface area contributed by atoms with Crippen LogP contribution in [0.15, 0.2) is 24.3 Å². The molecule has 0 fully saturated rings. The van der Waals surface area contributed by atoms with Crippen LogP contribution in [0.4, 0.5) is 16.2 Å². The van der Waals surface area contributed by atoms with E-state index in [1.165, 1.54) is 12.8 Å². The molecule has 0 saturated heterocycles. The molecule has 1 aromatic carbocycles. The maximum Gasteiger partial charge on any atom is 0.412 e. The van der Waals surface area contributed by atoms with Crippen molar-refractivity contribution in [3.63, 3.8) is 0 Å². The summed E-state index contributed by atoms with van der Waals surface area (Å²) in [6, 6.07) is 7.69. The summed E-state index contributed by atoms with van der Waals surface area (Å²) < 4.78 is 5.24. The number of amides is 1. The Morgan fingerprint density at radius 2 is 1.95 bits per heavy atom. The van der Waals surface area contributed by atoms with Gasteiger partial charge >= 0.3 is 6.09 Å². The van der Waals surface area contributed by atoms with Crippen molar-refractivity contribution in [1.82, 2.24) is 0 Å². The molecule has 0 aliphatic rings. The molecular weight excluding hydrogens is 264 g/mol. The van der Waals surface area contributed by atoms with Crippen molar-refractivity contribution in [2.75, 3.05) is 17.2 Å². The van der Waals surface area contributed by atoms with Gasteiger partial charge in [0, 0.05) is 17.9 Å². The molecule has 118 valence electrons. The highest BCUT2D eigenvalue weighted by molar-refractivity contribution is 5.85. The van der Waals surface area contributed by atoms with E-state index in [0.717, 1.165) is 17.9 Å². The third-order valence-corrected chi connectivity index (χ3v) is 2.94. The molecule has 0 radical (unpaired) electrons. The van der Waals surface area contributed by atoms with Gasteiger partial charge in [-0.25, -0.2) is 4.79 Å². The van der Waals surface area contributed by atoms with Gasteiger partial charge in [0.15, 0.2) is 0 Å². The van der Waals surface area contributed by atoms with E-state index in [2.05, 4.69) is 24.5 Å². The quantitative estimate of drug-likeness (QED) is 0.785. The zero-order valence-electron chi connectivity index (χ0n) is 13.8. The highest BCUT2D eigenvalue weighted by Crippen LogP contribution is 2.17. The first-order chi connectivity index (χ1) is 9.80. The van der Waals surface area contributed by atoms with Crippen LogP contribution >= 0.6 is 0 Å². The lowest BCUT2D eigenvalue weighted by atomic mass is 10.1. The summed E-state index contributed by atoms with van der Waals surface area (Å²) in [7, 11) is 0. The van der Waals surface area contributed by atoms with Crippen molar-refractivity contribution in [2.24, 2.45) is 5.92 Å². The Labute approximate surface area is 128 Å². The van der Waals surface area contributed by atoms with Crippen molar-refractivity contribution in [1.29, 1.82) is 0 Å². The van der Waals surface area contributed by atoms with E-state index < -0.39 is 11.7 Å². The van der Waals surface area contributed by atoms with Gasteiger partial charge in [0.05, 0.1) is 0 Å². The molecule has 0 aliphatic heterocycles. The second-order valence-corrected chi connectivity index (χ2v) is 6.48. The average Bonchev–Trinajstić information content (AvgIpc) is 2.35. The SMILES string of the molecule is CCCC(C)CNc1cccc(NC(=O)OC(C)(C)C)c1. The summed E-state index contributed by atoms with van der Waals surface area (Å²) in [4.78, 5) is 11.7. The molecule has 2 N–H and O–H groups in total. The summed E-state index contributed by atoms with van der Waals surface area (Å²) in [5.41, 5.74) is 1.25. The largest absolute Gasteiger partial charge is 0.444 e. The van der Waals surface area contributed by atoms with Gasteiger partial charge in [0.1, 0.15) is 5.60 Å². The fourth-order valence-electron chi connectivity index (χ4n) is 2.02. The van der Waals surface area contributed by atoms with Gasteiger partial charge in [0.25, 0.3) is 0 Å². The average molecular weight is 292 g/mol. The molecule has 4 heteroatoms. The lowest BCUT2D eigenvalue weighted by Gasteiger charge is -2.20. The third kappa shape index (κ3) is 7.59. The third-order valence-electron chi connectivity index (χ3n) is 2.94. The van der Waals surface area contributed by atoms with Crippen LogP contribution in [0.2, 0.25) is 0 Å². The van der Waals surface area contributed by atoms with Crippen LogP contribution in [0.1, 0.15) is 47.5 Å². The minimum absolute atomic E-state index is 0.431. The molecule has 1 unspecified atom stereocenters.